The second kappa shape index (κ2) is 11.0. The van der Waals surface area contributed by atoms with Crippen LogP contribution in [0.1, 0.15) is 18.4 Å². The third kappa shape index (κ3) is 6.44. The first-order chi connectivity index (χ1) is 16.5. The average molecular weight is 469 g/mol. The van der Waals surface area contributed by atoms with Crippen molar-refractivity contribution in [1.82, 2.24) is 19.9 Å². The first-order valence-electron chi connectivity index (χ1n) is 11.0. The summed E-state index contributed by atoms with van der Waals surface area (Å²) in [4.78, 5) is 26.3. The highest BCUT2D eigenvalue weighted by Crippen LogP contribution is 2.23. The lowest BCUT2D eigenvalue weighted by Gasteiger charge is -2.29. The Bertz CT molecular complexity index is 1090. The maximum Gasteiger partial charge on any atom is 0.387 e. The topological polar surface area (TPSA) is 100 Å². The Balaban J connectivity index is 1.31. The molecule has 1 fully saturated rings. The summed E-state index contributed by atoms with van der Waals surface area (Å²) >= 11 is 0. The highest BCUT2D eigenvalue weighted by molar-refractivity contribution is 5.70. The van der Waals surface area contributed by atoms with Gasteiger partial charge in [-0.3, -0.25) is 9.78 Å². The molecule has 178 valence electrons. The molecule has 2 aromatic heterocycles. The van der Waals surface area contributed by atoms with Gasteiger partial charge in [0.05, 0.1) is 17.8 Å². The largest absolute Gasteiger partial charge is 0.481 e. The van der Waals surface area contributed by atoms with E-state index in [2.05, 4.69) is 29.9 Å². The van der Waals surface area contributed by atoms with Crippen LogP contribution in [-0.2, 0) is 11.2 Å². The number of aliphatic carboxylic acids is 1. The summed E-state index contributed by atoms with van der Waals surface area (Å²) in [5.74, 6) is -0.419. The van der Waals surface area contributed by atoms with Crippen LogP contribution in [0.25, 0.3) is 11.1 Å². The van der Waals surface area contributed by atoms with E-state index in [1.165, 1.54) is 12.1 Å². The monoisotopic (exact) mass is 469 g/mol. The summed E-state index contributed by atoms with van der Waals surface area (Å²) in [5, 5.41) is 12.3. The molecule has 3 aromatic rings. The minimum absolute atomic E-state index is 0.0927. The molecule has 1 aromatic carbocycles. The number of pyridine rings is 1. The Morgan fingerprint density at radius 3 is 2.44 bits per heavy atom. The van der Waals surface area contributed by atoms with Crippen molar-refractivity contribution in [3.8, 4) is 16.9 Å². The summed E-state index contributed by atoms with van der Waals surface area (Å²) in [5.41, 5.74) is 3.35. The van der Waals surface area contributed by atoms with Gasteiger partial charge < -0.3 is 20.1 Å². The predicted molar refractivity (Wildman–Crippen MR) is 122 cm³/mol. The van der Waals surface area contributed by atoms with Gasteiger partial charge in [0, 0.05) is 30.7 Å². The zero-order valence-electron chi connectivity index (χ0n) is 18.4. The van der Waals surface area contributed by atoms with Gasteiger partial charge >= 0.3 is 12.6 Å². The summed E-state index contributed by atoms with van der Waals surface area (Å²) in [6.07, 6.45) is 9.01. The molecule has 3 heterocycles. The predicted octanol–water partition coefficient (Wildman–Crippen LogP) is 4.22. The number of aromatic nitrogens is 3. The van der Waals surface area contributed by atoms with Gasteiger partial charge in [-0.2, -0.15) is 8.78 Å². The number of hydrogen-bond donors (Lipinski definition) is 2. The van der Waals surface area contributed by atoms with Gasteiger partial charge in [0.1, 0.15) is 5.75 Å². The quantitative estimate of drug-likeness (QED) is 0.480. The molecular formula is C24H25F2N5O3. The van der Waals surface area contributed by atoms with Crippen molar-refractivity contribution in [1.29, 1.82) is 0 Å². The summed E-state index contributed by atoms with van der Waals surface area (Å²) < 4.78 is 28.9. The average Bonchev–Trinajstić information content (AvgIpc) is 2.84. The van der Waals surface area contributed by atoms with Gasteiger partial charge in [-0.25, -0.2) is 9.97 Å². The Kier molecular flexibility index (Phi) is 7.58. The smallest absolute Gasteiger partial charge is 0.387 e. The maximum atomic E-state index is 12.3. The summed E-state index contributed by atoms with van der Waals surface area (Å²) in [6.45, 7) is -0.414. The van der Waals surface area contributed by atoms with E-state index in [0.717, 1.165) is 48.4 Å². The number of likely N-dealkylation sites (tertiary alicyclic amines) is 1. The molecule has 0 unspecified atom stereocenters. The standard InChI is InChI=1S/C24H25F2N5O3/c25-23(26)34-21-3-1-17(2-4-21)19-13-28-24(29-14-19)30-20-11-16(12-27-15-20)5-8-31-9-6-18(7-10-31)22(32)33/h1-4,11-15,18,23H,5-10H2,(H,32,33)(H,28,29,30). The van der Waals surface area contributed by atoms with Gasteiger partial charge in [0.2, 0.25) is 5.95 Å². The van der Waals surface area contributed by atoms with Crippen LogP contribution in [0.2, 0.25) is 0 Å². The molecule has 2 N–H and O–H groups in total. The first-order valence-corrected chi connectivity index (χ1v) is 11.0. The number of carbonyl (C=O) groups is 1. The number of carboxylic acid groups (broad SMARTS) is 1. The van der Waals surface area contributed by atoms with Crippen molar-refractivity contribution in [3.05, 3.63) is 60.7 Å². The van der Waals surface area contributed by atoms with E-state index in [-0.39, 0.29) is 11.7 Å². The Morgan fingerprint density at radius 1 is 1.09 bits per heavy atom. The van der Waals surface area contributed by atoms with Crippen molar-refractivity contribution in [2.75, 3.05) is 25.0 Å². The Morgan fingerprint density at radius 2 is 1.79 bits per heavy atom. The number of nitrogens with one attached hydrogen (secondary N) is 1. The number of alkyl halides is 2. The van der Waals surface area contributed by atoms with Crippen LogP contribution in [0.3, 0.4) is 0 Å². The van der Waals surface area contributed by atoms with Crippen LogP contribution in [0, 0.1) is 5.92 Å². The molecule has 8 nitrogen and oxygen atoms in total. The van der Waals surface area contributed by atoms with Crippen LogP contribution in [0.5, 0.6) is 5.75 Å². The van der Waals surface area contributed by atoms with Gasteiger partial charge in [-0.15, -0.1) is 0 Å². The lowest BCUT2D eigenvalue weighted by Crippen LogP contribution is -2.37. The van der Waals surface area contributed by atoms with E-state index < -0.39 is 12.6 Å². The van der Waals surface area contributed by atoms with E-state index >= 15 is 0 Å². The minimum atomic E-state index is -2.86. The lowest BCUT2D eigenvalue weighted by molar-refractivity contribution is -0.143. The fourth-order valence-electron chi connectivity index (χ4n) is 3.88. The fourth-order valence-corrected chi connectivity index (χ4v) is 3.88. The first kappa shape index (κ1) is 23.5. The van der Waals surface area contributed by atoms with Crippen LogP contribution in [0.15, 0.2) is 55.1 Å². The Hall–Kier alpha value is -3.66. The molecule has 0 bridgehead atoms. The number of piperidine rings is 1. The van der Waals surface area contributed by atoms with E-state index in [1.807, 2.05) is 12.3 Å². The number of rotatable bonds is 9. The summed E-state index contributed by atoms with van der Waals surface area (Å²) in [6, 6.07) is 8.27. The summed E-state index contributed by atoms with van der Waals surface area (Å²) in [7, 11) is 0. The zero-order chi connectivity index (χ0) is 23.9. The number of ether oxygens (including phenoxy) is 1. The van der Waals surface area contributed by atoms with Gasteiger partial charge in [0.15, 0.2) is 0 Å². The molecule has 0 aliphatic carbocycles. The van der Waals surface area contributed by atoms with E-state index in [1.54, 1.807) is 30.7 Å². The number of carboxylic acids is 1. The fraction of sp³-hybridized carbons (Fsp3) is 0.333. The molecular weight excluding hydrogens is 444 g/mol. The van der Waals surface area contributed by atoms with Crippen LogP contribution in [0.4, 0.5) is 20.4 Å². The number of hydrogen-bond acceptors (Lipinski definition) is 7. The Labute approximate surface area is 195 Å². The number of benzene rings is 1. The van der Waals surface area contributed by atoms with Crippen LogP contribution < -0.4 is 10.1 Å². The van der Waals surface area contributed by atoms with Crippen molar-refractivity contribution in [2.24, 2.45) is 5.92 Å². The van der Waals surface area contributed by atoms with Crippen molar-refractivity contribution >= 4 is 17.6 Å². The molecule has 1 aliphatic rings. The van der Waals surface area contributed by atoms with Crippen molar-refractivity contribution in [2.45, 2.75) is 25.9 Å². The number of nitrogens with zero attached hydrogens (tertiary/aromatic N) is 4. The third-order valence-corrected chi connectivity index (χ3v) is 5.77. The molecule has 34 heavy (non-hydrogen) atoms. The second-order valence-electron chi connectivity index (χ2n) is 8.11. The molecule has 0 amide bonds. The zero-order valence-corrected chi connectivity index (χ0v) is 18.4. The SMILES string of the molecule is O=C(O)C1CCN(CCc2cncc(Nc3ncc(-c4ccc(OC(F)F)cc4)cn3)c2)CC1. The molecule has 0 saturated carbocycles. The molecule has 1 saturated heterocycles. The van der Waals surface area contributed by atoms with Gasteiger partial charge in [-0.1, -0.05) is 12.1 Å². The van der Waals surface area contributed by atoms with Gasteiger partial charge in [-0.05, 0) is 61.7 Å². The number of halogens is 2. The van der Waals surface area contributed by atoms with Crippen molar-refractivity contribution in [3.63, 3.8) is 0 Å². The normalized spacial score (nSPS) is 14.8. The number of anilines is 2. The van der Waals surface area contributed by atoms with Crippen LogP contribution >= 0.6 is 0 Å². The van der Waals surface area contributed by atoms with E-state index in [4.69, 9.17) is 5.11 Å². The van der Waals surface area contributed by atoms with E-state index in [0.29, 0.717) is 18.8 Å². The molecule has 1 aliphatic heterocycles. The highest BCUT2D eigenvalue weighted by atomic mass is 19.3. The molecule has 10 heteroatoms. The van der Waals surface area contributed by atoms with Crippen LogP contribution in [-0.4, -0.2) is 57.2 Å². The molecule has 0 atom stereocenters. The minimum Gasteiger partial charge on any atom is -0.481 e. The highest BCUT2D eigenvalue weighted by Gasteiger charge is 2.24. The molecule has 4 rings (SSSR count). The molecule has 0 spiro atoms. The molecule has 0 radical (unpaired) electrons. The van der Waals surface area contributed by atoms with Crippen molar-refractivity contribution < 1.29 is 23.4 Å². The second-order valence-corrected chi connectivity index (χ2v) is 8.11. The lowest BCUT2D eigenvalue weighted by atomic mass is 9.97. The maximum absolute atomic E-state index is 12.3. The van der Waals surface area contributed by atoms with E-state index in [9.17, 15) is 13.6 Å². The third-order valence-electron chi connectivity index (χ3n) is 5.77. The van der Waals surface area contributed by atoms with Gasteiger partial charge in [0.25, 0.3) is 0 Å².